The van der Waals surface area contributed by atoms with E-state index in [1.807, 2.05) is 32.0 Å². The second-order valence-corrected chi connectivity index (χ2v) is 7.46. The van der Waals surface area contributed by atoms with E-state index >= 15 is 0 Å². The lowest BCUT2D eigenvalue weighted by Gasteiger charge is -2.29. The molecule has 4 nitrogen and oxygen atoms in total. The van der Waals surface area contributed by atoms with Crippen LogP contribution in [0.1, 0.15) is 50.4 Å². The van der Waals surface area contributed by atoms with Crippen molar-refractivity contribution in [3.05, 3.63) is 28.2 Å². The van der Waals surface area contributed by atoms with Crippen molar-refractivity contribution in [2.45, 2.75) is 52.2 Å². The number of hydrogen-bond donors (Lipinski definition) is 1. The van der Waals surface area contributed by atoms with E-state index in [9.17, 15) is 4.79 Å². The third-order valence-corrected chi connectivity index (χ3v) is 4.40. The number of rotatable bonds is 6. The van der Waals surface area contributed by atoms with Crippen LogP contribution in [-0.4, -0.2) is 42.6 Å². The molecular formula is C18H27BrN2O2. The number of ether oxygens (including phenoxy) is 1. The zero-order valence-electron chi connectivity index (χ0n) is 14.3. The highest BCUT2D eigenvalue weighted by Gasteiger charge is 2.18. The number of likely N-dealkylation sites (tertiary alicyclic amines) is 1. The summed E-state index contributed by atoms with van der Waals surface area (Å²) >= 11 is 3.43. The molecule has 0 bridgehead atoms. The molecule has 1 N–H and O–H groups in total. The lowest BCUT2D eigenvalue weighted by Crippen LogP contribution is -2.43. The molecule has 1 amide bonds. The molecule has 1 aromatic rings. The Hall–Kier alpha value is -1.07. The molecule has 0 saturated carbocycles. The third-order valence-electron chi connectivity index (χ3n) is 3.91. The van der Waals surface area contributed by atoms with Gasteiger partial charge in [-0.3, -0.25) is 4.79 Å². The number of carbonyl (C=O) groups excluding carboxylic acids is 1. The van der Waals surface area contributed by atoms with Gasteiger partial charge in [-0.15, -0.1) is 0 Å². The fourth-order valence-electron chi connectivity index (χ4n) is 2.91. The topological polar surface area (TPSA) is 41.6 Å². The summed E-state index contributed by atoms with van der Waals surface area (Å²) in [6.07, 6.45) is 3.88. The maximum absolute atomic E-state index is 12.6. The van der Waals surface area contributed by atoms with Crippen molar-refractivity contribution in [3.8, 4) is 5.75 Å². The van der Waals surface area contributed by atoms with Crippen LogP contribution >= 0.6 is 15.9 Å². The summed E-state index contributed by atoms with van der Waals surface area (Å²) in [5.74, 6) is 0.551. The Labute approximate surface area is 147 Å². The Balaban J connectivity index is 1.98. The van der Waals surface area contributed by atoms with Gasteiger partial charge in [0.15, 0.2) is 0 Å². The van der Waals surface area contributed by atoms with Gasteiger partial charge in [-0.25, -0.2) is 0 Å². The summed E-state index contributed by atoms with van der Waals surface area (Å²) in [6, 6.07) is 5.66. The monoisotopic (exact) mass is 382 g/mol. The van der Waals surface area contributed by atoms with Crippen LogP contribution < -0.4 is 10.1 Å². The number of carbonyl (C=O) groups is 1. The molecule has 2 rings (SSSR count). The Bertz CT molecular complexity index is 528. The van der Waals surface area contributed by atoms with Crippen molar-refractivity contribution in [3.63, 3.8) is 0 Å². The molecule has 1 saturated heterocycles. The number of piperidine rings is 1. The third kappa shape index (κ3) is 5.81. The van der Waals surface area contributed by atoms with Crippen LogP contribution in [0.25, 0.3) is 0 Å². The molecule has 0 aliphatic carbocycles. The van der Waals surface area contributed by atoms with Crippen LogP contribution in [0.2, 0.25) is 0 Å². The van der Waals surface area contributed by atoms with Gasteiger partial charge in [0.1, 0.15) is 5.75 Å². The van der Waals surface area contributed by atoms with E-state index in [0.29, 0.717) is 11.3 Å². The summed E-state index contributed by atoms with van der Waals surface area (Å²) in [6.45, 7) is 9.17. The van der Waals surface area contributed by atoms with E-state index in [1.165, 1.54) is 19.3 Å². The van der Waals surface area contributed by atoms with Crippen LogP contribution in [0, 0.1) is 0 Å². The van der Waals surface area contributed by atoms with Crippen LogP contribution in [0.5, 0.6) is 5.75 Å². The summed E-state index contributed by atoms with van der Waals surface area (Å²) in [5, 5.41) is 3.10. The summed E-state index contributed by atoms with van der Waals surface area (Å²) < 4.78 is 6.69. The first kappa shape index (κ1) is 18.3. The van der Waals surface area contributed by atoms with Gasteiger partial charge in [0.25, 0.3) is 5.91 Å². The van der Waals surface area contributed by atoms with Gasteiger partial charge in [0.2, 0.25) is 0 Å². The first-order chi connectivity index (χ1) is 11.0. The highest BCUT2D eigenvalue weighted by atomic mass is 79.9. The number of amides is 1. The highest BCUT2D eigenvalue weighted by Crippen LogP contribution is 2.25. The van der Waals surface area contributed by atoms with Gasteiger partial charge >= 0.3 is 0 Å². The van der Waals surface area contributed by atoms with Crippen LogP contribution in [0.4, 0.5) is 0 Å². The fourth-order valence-corrected chi connectivity index (χ4v) is 3.25. The molecular weight excluding hydrogens is 356 g/mol. The second kappa shape index (κ2) is 8.69. The van der Waals surface area contributed by atoms with Gasteiger partial charge in [0, 0.05) is 17.1 Å². The molecule has 23 heavy (non-hydrogen) atoms. The average Bonchev–Trinajstić information content (AvgIpc) is 2.47. The highest BCUT2D eigenvalue weighted by molar-refractivity contribution is 9.10. The largest absolute Gasteiger partial charge is 0.490 e. The zero-order chi connectivity index (χ0) is 16.8. The number of hydrogen-bond acceptors (Lipinski definition) is 3. The predicted molar refractivity (Wildman–Crippen MR) is 97.1 cm³/mol. The molecule has 0 radical (unpaired) electrons. The van der Waals surface area contributed by atoms with Gasteiger partial charge in [0.05, 0.1) is 11.7 Å². The van der Waals surface area contributed by atoms with Crippen molar-refractivity contribution in [1.82, 2.24) is 10.2 Å². The maximum Gasteiger partial charge on any atom is 0.255 e. The summed E-state index contributed by atoms with van der Waals surface area (Å²) in [7, 11) is 0. The van der Waals surface area contributed by atoms with Gasteiger partial charge in [-0.2, -0.15) is 0 Å². The summed E-state index contributed by atoms with van der Waals surface area (Å²) in [4.78, 5) is 15.0. The van der Waals surface area contributed by atoms with Crippen LogP contribution in [-0.2, 0) is 0 Å². The van der Waals surface area contributed by atoms with E-state index in [-0.39, 0.29) is 18.1 Å². The van der Waals surface area contributed by atoms with Crippen LogP contribution in [0.15, 0.2) is 22.7 Å². The number of nitrogens with one attached hydrogen (secondary N) is 1. The van der Waals surface area contributed by atoms with E-state index in [1.54, 1.807) is 0 Å². The van der Waals surface area contributed by atoms with E-state index < -0.39 is 0 Å². The van der Waals surface area contributed by atoms with Crippen molar-refractivity contribution < 1.29 is 9.53 Å². The molecule has 1 unspecified atom stereocenters. The van der Waals surface area contributed by atoms with E-state index in [4.69, 9.17) is 4.74 Å². The Morgan fingerprint density at radius 1 is 1.26 bits per heavy atom. The SMILES string of the molecule is CC(CN1CCCCC1)NC(=O)c1ccc(Br)cc1OC(C)C. The minimum Gasteiger partial charge on any atom is -0.490 e. The second-order valence-electron chi connectivity index (χ2n) is 6.54. The summed E-state index contributed by atoms with van der Waals surface area (Å²) in [5.41, 5.74) is 0.590. The first-order valence-corrected chi connectivity index (χ1v) is 9.24. The molecule has 1 aromatic carbocycles. The van der Waals surface area contributed by atoms with Gasteiger partial charge in [-0.1, -0.05) is 22.4 Å². The fraction of sp³-hybridized carbons (Fsp3) is 0.611. The Kier molecular flexibility index (Phi) is 6.90. The number of halogens is 1. The first-order valence-electron chi connectivity index (χ1n) is 8.45. The van der Waals surface area contributed by atoms with Crippen molar-refractivity contribution in [2.24, 2.45) is 0 Å². The molecule has 0 aromatic heterocycles. The molecule has 1 aliphatic rings. The standard InChI is InChI=1S/C18H27BrN2O2/c1-13(2)23-17-11-15(19)7-8-16(17)18(22)20-14(3)12-21-9-5-4-6-10-21/h7-8,11,13-14H,4-6,9-10,12H2,1-3H3,(H,20,22). The molecule has 1 heterocycles. The Morgan fingerprint density at radius 2 is 1.96 bits per heavy atom. The predicted octanol–water partition coefficient (Wildman–Crippen LogP) is 3.84. The molecule has 1 aliphatic heterocycles. The van der Waals surface area contributed by atoms with Crippen molar-refractivity contribution in [2.75, 3.05) is 19.6 Å². The van der Waals surface area contributed by atoms with Gasteiger partial charge in [-0.05, 0) is 64.9 Å². The normalized spacial score (nSPS) is 17.1. The zero-order valence-corrected chi connectivity index (χ0v) is 15.9. The van der Waals surface area contributed by atoms with Gasteiger partial charge < -0.3 is 15.0 Å². The van der Waals surface area contributed by atoms with Crippen molar-refractivity contribution >= 4 is 21.8 Å². The van der Waals surface area contributed by atoms with E-state index in [2.05, 4.69) is 33.1 Å². The minimum absolute atomic E-state index is 0.0293. The number of nitrogens with zero attached hydrogens (tertiary/aromatic N) is 1. The van der Waals surface area contributed by atoms with E-state index in [0.717, 1.165) is 24.1 Å². The molecule has 1 fully saturated rings. The van der Waals surface area contributed by atoms with Crippen LogP contribution in [0.3, 0.4) is 0 Å². The molecule has 1 atom stereocenters. The average molecular weight is 383 g/mol. The lowest BCUT2D eigenvalue weighted by atomic mass is 10.1. The molecule has 0 spiro atoms. The number of benzene rings is 1. The lowest BCUT2D eigenvalue weighted by molar-refractivity contribution is 0.0920. The molecule has 5 heteroatoms. The minimum atomic E-state index is -0.0716. The Morgan fingerprint density at radius 3 is 2.61 bits per heavy atom. The maximum atomic E-state index is 12.6. The smallest absolute Gasteiger partial charge is 0.255 e. The van der Waals surface area contributed by atoms with Crippen molar-refractivity contribution in [1.29, 1.82) is 0 Å². The molecule has 128 valence electrons. The quantitative estimate of drug-likeness (QED) is 0.812.